The van der Waals surface area contributed by atoms with Crippen molar-refractivity contribution in [3.63, 3.8) is 0 Å². The summed E-state index contributed by atoms with van der Waals surface area (Å²) in [5.41, 5.74) is 0.832. The van der Waals surface area contributed by atoms with Crippen LogP contribution in [-0.2, 0) is 10.0 Å². The molecule has 1 N–H and O–H groups in total. The van der Waals surface area contributed by atoms with E-state index >= 15 is 0 Å². The lowest BCUT2D eigenvalue weighted by atomic mass is 10.3. The average Bonchev–Trinajstić information content (AvgIpc) is 3.12. The van der Waals surface area contributed by atoms with Crippen molar-refractivity contribution in [1.29, 1.82) is 0 Å². The molecule has 0 spiro atoms. The fourth-order valence-electron chi connectivity index (χ4n) is 2.36. The topological polar surface area (TPSA) is 66.5 Å². The molecule has 3 rings (SSSR count). The van der Waals surface area contributed by atoms with E-state index in [4.69, 9.17) is 0 Å². The summed E-state index contributed by atoms with van der Waals surface area (Å²) in [7, 11) is -2.63. The number of hydrogen-bond donors (Lipinski definition) is 1. The van der Waals surface area contributed by atoms with Gasteiger partial charge in [0, 0.05) is 17.2 Å². The number of sulfonamides is 1. The molecule has 0 saturated heterocycles. The second-order valence-corrected chi connectivity index (χ2v) is 9.30. The van der Waals surface area contributed by atoms with E-state index in [2.05, 4.69) is 21.2 Å². The van der Waals surface area contributed by atoms with Crippen LogP contribution in [-0.4, -0.2) is 21.4 Å². The molecule has 0 saturated carbocycles. The number of thiophene rings is 1. The van der Waals surface area contributed by atoms with Crippen LogP contribution >= 0.6 is 27.3 Å². The molecule has 0 aliphatic heterocycles. The summed E-state index contributed by atoms with van der Waals surface area (Å²) in [6.07, 6.45) is 0. The monoisotopic (exact) mass is 468 g/mol. The number of amides is 1. The normalized spacial score (nSPS) is 11.2. The van der Waals surface area contributed by atoms with Crippen LogP contribution in [0.3, 0.4) is 0 Å². The van der Waals surface area contributed by atoms with Gasteiger partial charge in [-0.1, -0.05) is 22.0 Å². The lowest BCUT2D eigenvalue weighted by molar-refractivity contribution is 0.102. The zero-order valence-corrected chi connectivity index (χ0v) is 17.2. The van der Waals surface area contributed by atoms with Gasteiger partial charge < -0.3 is 5.32 Å². The summed E-state index contributed by atoms with van der Waals surface area (Å²) < 4.78 is 40.8. The largest absolute Gasteiger partial charge is 0.321 e. The molecule has 1 aromatic heterocycles. The number of carbonyl (C=O) groups is 1. The second kappa shape index (κ2) is 7.79. The number of rotatable bonds is 5. The van der Waals surface area contributed by atoms with E-state index in [-0.39, 0.29) is 9.77 Å². The molecule has 0 aliphatic carbocycles. The van der Waals surface area contributed by atoms with Gasteiger partial charge in [0.1, 0.15) is 15.6 Å². The van der Waals surface area contributed by atoms with Crippen LogP contribution in [0.25, 0.3) is 0 Å². The highest BCUT2D eigenvalue weighted by Gasteiger charge is 2.28. The molecule has 27 heavy (non-hydrogen) atoms. The molecule has 0 fully saturated rings. The Hall–Kier alpha value is -2.23. The van der Waals surface area contributed by atoms with Gasteiger partial charge in [0.15, 0.2) is 0 Å². The van der Waals surface area contributed by atoms with Crippen molar-refractivity contribution in [2.45, 2.75) is 4.90 Å². The molecule has 0 bridgehead atoms. The Morgan fingerprint density at radius 3 is 2.52 bits per heavy atom. The summed E-state index contributed by atoms with van der Waals surface area (Å²) in [6.45, 7) is 0. The van der Waals surface area contributed by atoms with Crippen LogP contribution in [0.15, 0.2) is 69.3 Å². The standard InChI is InChI=1S/C18H14BrFN2O3S2/c1-22(15-7-5-13(20)6-8-15)27(24,25)16-9-10-26-17(16)18(23)21-14-4-2-3-12(19)11-14/h2-11H,1H3,(H,21,23). The van der Waals surface area contributed by atoms with Crippen LogP contribution in [0, 0.1) is 5.82 Å². The third-order valence-corrected chi connectivity index (χ3v) is 7.11. The number of carbonyl (C=O) groups excluding carboxylic acids is 1. The smallest absolute Gasteiger partial charge is 0.267 e. The Bertz CT molecular complexity index is 1080. The maximum Gasteiger partial charge on any atom is 0.267 e. The number of hydrogen-bond acceptors (Lipinski definition) is 4. The SMILES string of the molecule is CN(c1ccc(F)cc1)S(=O)(=O)c1ccsc1C(=O)Nc1cccc(Br)c1. The molecule has 2 aromatic carbocycles. The lowest BCUT2D eigenvalue weighted by Gasteiger charge is -2.19. The summed E-state index contributed by atoms with van der Waals surface area (Å²) in [5.74, 6) is -0.983. The summed E-state index contributed by atoms with van der Waals surface area (Å²) in [4.78, 5) is 12.6. The van der Waals surface area contributed by atoms with E-state index in [9.17, 15) is 17.6 Å². The molecule has 1 amide bonds. The molecule has 3 aromatic rings. The first kappa shape index (κ1) is 19.5. The van der Waals surface area contributed by atoms with Crippen molar-refractivity contribution < 1.29 is 17.6 Å². The first-order valence-corrected chi connectivity index (χ1v) is 10.8. The molecule has 0 unspecified atom stereocenters. The number of nitrogens with one attached hydrogen (secondary N) is 1. The Balaban J connectivity index is 1.90. The molecule has 9 heteroatoms. The number of benzene rings is 2. The predicted molar refractivity (Wildman–Crippen MR) is 108 cm³/mol. The van der Waals surface area contributed by atoms with E-state index in [1.807, 2.05) is 6.07 Å². The minimum atomic E-state index is -3.99. The fraction of sp³-hybridized carbons (Fsp3) is 0.0556. The molecular formula is C18H14BrFN2O3S2. The molecule has 1 heterocycles. The van der Waals surface area contributed by atoms with E-state index in [1.54, 1.807) is 23.6 Å². The van der Waals surface area contributed by atoms with E-state index < -0.39 is 21.7 Å². The lowest BCUT2D eigenvalue weighted by Crippen LogP contribution is -2.28. The van der Waals surface area contributed by atoms with Gasteiger partial charge in [-0.15, -0.1) is 11.3 Å². The highest BCUT2D eigenvalue weighted by molar-refractivity contribution is 9.10. The first-order chi connectivity index (χ1) is 12.8. The first-order valence-electron chi connectivity index (χ1n) is 7.68. The minimum absolute atomic E-state index is 0.0731. The predicted octanol–water partition coefficient (Wildman–Crippen LogP) is 4.73. The molecule has 5 nitrogen and oxygen atoms in total. The zero-order valence-electron chi connectivity index (χ0n) is 14.0. The highest BCUT2D eigenvalue weighted by atomic mass is 79.9. The summed E-state index contributed by atoms with van der Waals surface area (Å²) >= 11 is 4.35. The number of nitrogens with zero attached hydrogens (tertiary/aromatic N) is 1. The summed E-state index contributed by atoms with van der Waals surface area (Å²) in [5, 5.41) is 4.24. The molecule has 140 valence electrons. The van der Waals surface area contributed by atoms with Gasteiger partial charge in [0.05, 0.1) is 5.69 Å². The van der Waals surface area contributed by atoms with Crippen LogP contribution in [0.4, 0.5) is 15.8 Å². The zero-order chi connectivity index (χ0) is 19.6. The van der Waals surface area contributed by atoms with E-state index in [0.717, 1.165) is 20.1 Å². The molecular weight excluding hydrogens is 455 g/mol. The molecule has 0 aliphatic rings. The van der Waals surface area contributed by atoms with Crippen molar-refractivity contribution in [2.75, 3.05) is 16.7 Å². The summed E-state index contributed by atoms with van der Waals surface area (Å²) in [6, 6.07) is 13.4. The van der Waals surface area contributed by atoms with Crippen LogP contribution in [0.2, 0.25) is 0 Å². The van der Waals surface area contributed by atoms with Gasteiger partial charge in [-0.2, -0.15) is 0 Å². The minimum Gasteiger partial charge on any atom is -0.321 e. The van der Waals surface area contributed by atoms with Crippen molar-refractivity contribution >= 4 is 54.6 Å². The Labute approximate surface area is 168 Å². The van der Waals surface area contributed by atoms with Crippen molar-refractivity contribution in [2.24, 2.45) is 0 Å². The second-order valence-electron chi connectivity index (χ2n) is 5.53. The van der Waals surface area contributed by atoms with Crippen LogP contribution in [0.5, 0.6) is 0 Å². The van der Waals surface area contributed by atoms with E-state index in [1.165, 1.54) is 37.4 Å². The van der Waals surface area contributed by atoms with Crippen LogP contribution < -0.4 is 9.62 Å². The third-order valence-electron chi connectivity index (χ3n) is 3.75. The van der Waals surface area contributed by atoms with Gasteiger partial charge in [0.25, 0.3) is 15.9 Å². The van der Waals surface area contributed by atoms with Crippen molar-refractivity contribution in [3.8, 4) is 0 Å². The Morgan fingerprint density at radius 2 is 1.85 bits per heavy atom. The van der Waals surface area contributed by atoms with Gasteiger partial charge in [-0.25, -0.2) is 12.8 Å². The van der Waals surface area contributed by atoms with E-state index in [0.29, 0.717) is 11.4 Å². The maximum absolute atomic E-state index is 13.1. The van der Waals surface area contributed by atoms with Crippen molar-refractivity contribution in [3.05, 3.63) is 75.1 Å². The Morgan fingerprint density at radius 1 is 1.15 bits per heavy atom. The average molecular weight is 469 g/mol. The number of halogens is 2. The quantitative estimate of drug-likeness (QED) is 0.588. The maximum atomic E-state index is 13.1. The van der Waals surface area contributed by atoms with Gasteiger partial charge in [-0.05, 0) is 53.9 Å². The van der Waals surface area contributed by atoms with Crippen molar-refractivity contribution in [1.82, 2.24) is 0 Å². The number of anilines is 2. The van der Waals surface area contributed by atoms with Gasteiger partial charge >= 0.3 is 0 Å². The van der Waals surface area contributed by atoms with Gasteiger partial charge in [0.2, 0.25) is 0 Å². The fourth-order valence-corrected chi connectivity index (χ4v) is 5.25. The Kier molecular flexibility index (Phi) is 5.64. The van der Waals surface area contributed by atoms with Gasteiger partial charge in [-0.3, -0.25) is 9.10 Å². The molecule has 0 atom stereocenters. The highest BCUT2D eigenvalue weighted by Crippen LogP contribution is 2.29. The molecule has 0 radical (unpaired) electrons. The van der Waals surface area contributed by atoms with Crippen LogP contribution in [0.1, 0.15) is 9.67 Å². The third kappa shape index (κ3) is 4.20.